The standard InChI is InChI=1S/C13H21BrN2/c1-4-5-10(2)16(3)12-7-6-11(9-15)13(14)8-12/h6-8,10H,4-5,9,15H2,1-3H3. The zero-order valence-electron chi connectivity index (χ0n) is 10.3. The Morgan fingerprint density at radius 3 is 2.62 bits per heavy atom. The smallest absolute Gasteiger partial charge is 0.0377 e. The lowest BCUT2D eigenvalue weighted by Crippen LogP contribution is -2.28. The number of hydrogen-bond donors (Lipinski definition) is 1. The predicted octanol–water partition coefficient (Wildman–Crippen LogP) is 3.53. The summed E-state index contributed by atoms with van der Waals surface area (Å²) in [6.45, 7) is 5.06. The summed E-state index contributed by atoms with van der Waals surface area (Å²) in [5.74, 6) is 0. The lowest BCUT2D eigenvalue weighted by atomic mass is 10.1. The maximum absolute atomic E-state index is 5.64. The molecule has 0 saturated carbocycles. The van der Waals surface area contributed by atoms with E-state index in [0.717, 1.165) is 10.0 Å². The van der Waals surface area contributed by atoms with Gasteiger partial charge in [-0.05, 0) is 31.0 Å². The molecule has 0 aliphatic heterocycles. The van der Waals surface area contributed by atoms with Crippen LogP contribution < -0.4 is 10.6 Å². The molecule has 0 fully saturated rings. The first-order valence-electron chi connectivity index (χ1n) is 5.81. The van der Waals surface area contributed by atoms with Crippen molar-refractivity contribution in [2.75, 3.05) is 11.9 Å². The lowest BCUT2D eigenvalue weighted by molar-refractivity contribution is 0.616. The molecule has 1 rings (SSSR count). The highest BCUT2D eigenvalue weighted by atomic mass is 79.9. The van der Waals surface area contributed by atoms with Crippen LogP contribution in [0.1, 0.15) is 32.3 Å². The molecule has 1 unspecified atom stereocenters. The number of anilines is 1. The molecular formula is C13H21BrN2. The van der Waals surface area contributed by atoms with Gasteiger partial charge in [-0.1, -0.05) is 35.3 Å². The van der Waals surface area contributed by atoms with Crippen molar-refractivity contribution in [2.45, 2.75) is 39.3 Å². The summed E-state index contributed by atoms with van der Waals surface area (Å²) in [6, 6.07) is 6.95. The number of rotatable bonds is 5. The van der Waals surface area contributed by atoms with E-state index in [1.54, 1.807) is 0 Å². The first kappa shape index (κ1) is 13.5. The Balaban J connectivity index is 2.84. The van der Waals surface area contributed by atoms with Gasteiger partial charge >= 0.3 is 0 Å². The van der Waals surface area contributed by atoms with Gasteiger partial charge in [0.25, 0.3) is 0 Å². The van der Waals surface area contributed by atoms with E-state index in [-0.39, 0.29) is 0 Å². The molecule has 0 heterocycles. The van der Waals surface area contributed by atoms with E-state index in [1.165, 1.54) is 18.5 Å². The van der Waals surface area contributed by atoms with Gasteiger partial charge in [-0.2, -0.15) is 0 Å². The normalized spacial score (nSPS) is 12.6. The van der Waals surface area contributed by atoms with Crippen LogP contribution in [-0.4, -0.2) is 13.1 Å². The maximum atomic E-state index is 5.64. The quantitative estimate of drug-likeness (QED) is 0.896. The zero-order valence-corrected chi connectivity index (χ0v) is 11.9. The summed E-state index contributed by atoms with van der Waals surface area (Å²) in [5.41, 5.74) is 8.03. The molecule has 90 valence electrons. The Morgan fingerprint density at radius 2 is 2.12 bits per heavy atom. The second-order valence-electron chi connectivity index (χ2n) is 4.23. The van der Waals surface area contributed by atoms with E-state index < -0.39 is 0 Å². The first-order valence-corrected chi connectivity index (χ1v) is 6.60. The van der Waals surface area contributed by atoms with Crippen molar-refractivity contribution < 1.29 is 0 Å². The summed E-state index contributed by atoms with van der Waals surface area (Å²) in [7, 11) is 2.14. The molecule has 0 bridgehead atoms. The monoisotopic (exact) mass is 284 g/mol. The molecule has 0 saturated heterocycles. The van der Waals surface area contributed by atoms with Crippen LogP contribution in [0, 0.1) is 0 Å². The Bertz CT molecular complexity index is 339. The predicted molar refractivity (Wildman–Crippen MR) is 74.8 cm³/mol. The van der Waals surface area contributed by atoms with Crippen LogP contribution in [0.3, 0.4) is 0 Å². The van der Waals surface area contributed by atoms with Gasteiger partial charge < -0.3 is 10.6 Å². The number of hydrogen-bond acceptors (Lipinski definition) is 2. The maximum Gasteiger partial charge on any atom is 0.0377 e. The van der Waals surface area contributed by atoms with E-state index in [4.69, 9.17) is 5.73 Å². The van der Waals surface area contributed by atoms with Gasteiger partial charge in [0.15, 0.2) is 0 Å². The van der Waals surface area contributed by atoms with Crippen molar-refractivity contribution in [1.82, 2.24) is 0 Å². The van der Waals surface area contributed by atoms with Crippen LogP contribution in [0.2, 0.25) is 0 Å². The molecule has 1 atom stereocenters. The van der Waals surface area contributed by atoms with E-state index in [0.29, 0.717) is 12.6 Å². The number of nitrogens with two attached hydrogens (primary N) is 1. The van der Waals surface area contributed by atoms with Gasteiger partial charge in [-0.25, -0.2) is 0 Å². The van der Waals surface area contributed by atoms with Crippen molar-refractivity contribution in [1.29, 1.82) is 0 Å². The summed E-state index contributed by atoms with van der Waals surface area (Å²) in [6.07, 6.45) is 2.43. The highest BCUT2D eigenvalue weighted by molar-refractivity contribution is 9.10. The Morgan fingerprint density at radius 1 is 1.44 bits per heavy atom. The number of nitrogens with zero attached hydrogens (tertiary/aromatic N) is 1. The molecule has 0 aliphatic rings. The third kappa shape index (κ3) is 3.22. The fourth-order valence-corrected chi connectivity index (χ4v) is 2.32. The number of benzene rings is 1. The molecule has 3 heteroatoms. The fraction of sp³-hybridized carbons (Fsp3) is 0.538. The topological polar surface area (TPSA) is 29.3 Å². The van der Waals surface area contributed by atoms with Crippen LogP contribution in [0.15, 0.2) is 22.7 Å². The summed E-state index contributed by atoms with van der Waals surface area (Å²) >= 11 is 3.56. The SMILES string of the molecule is CCCC(C)N(C)c1ccc(CN)c(Br)c1. The second kappa shape index (κ2) is 6.26. The van der Waals surface area contributed by atoms with Gasteiger partial charge in [-0.3, -0.25) is 0 Å². The van der Waals surface area contributed by atoms with Crippen LogP contribution >= 0.6 is 15.9 Å². The van der Waals surface area contributed by atoms with Gasteiger partial charge in [0.2, 0.25) is 0 Å². The molecule has 1 aromatic rings. The van der Waals surface area contributed by atoms with Gasteiger partial charge in [0.05, 0.1) is 0 Å². The summed E-state index contributed by atoms with van der Waals surface area (Å²) < 4.78 is 1.10. The van der Waals surface area contributed by atoms with Crippen LogP contribution in [-0.2, 0) is 6.54 Å². The first-order chi connectivity index (χ1) is 7.60. The second-order valence-corrected chi connectivity index (χ2v) is 5.08. The lowest BCUT2D eigenvalue weighted by Gasteiger charge is -2.27. The van der Waals surface area contributed by atoms with Gasteiger partial charge in [0.1, 0.15) is 0 Å². The van der Waals surface area contributed by atoms with Gasteiger partial charge in [-0.15, -0.1) is 0 Å². The molecular weight excluding hydrogens is 264 g/mol. The van der Waals surface area contributed by atoms with Crippen molar-refractivity contribution in [3.05, 3.63) is 28.2 Å². The molecule has 0 aromatic heterocycles. The van der Waals surface area contributed by atoms with Crippen LogP contribution in [0.5, 0.6) is 0 Å². The van der Waals surface area contributed by atoms with Gasteiger partial charge in [0, 0.05) is 29.8 Å². The third-order valence-electron chi connectivity index (χ3n) is 3.03. The molecule has 0 radical (unpaired) electrons. The van der Waals surface area contributed by atoms with Crippen molar-refractivity contribution in [3.8, 4) is 0 Å². The van der Waals surface area contributed by atoms with E-state index in [9.17, 15) is 0 Å². The molecule has 2 nitrogen and oxygen atoms in total. The van der Waals surface area contributed by atoms with Crippen molar-refractivity contribution in [2.24, 2.45) is 5.73 Å². The average Bonchev–Trinajstić information content (AvgIpc) is 2.28. The summed E-state index contributed by atoms with van der Waals surface area (Å²) in [4.78, 5) is 2.31. The highest BCUT2D eigenvalue weighted by Gasteiger charge is 2.10. The minimum Gasteiger partial charge on any atom is -0.372 e. The van der Waals surface area contributed by atoms with Crippen molar-refractivity contribution >= 4 is 21.6 Å². The minimum absolute atomic E-state index is 0.570. The van der Waals surface area contributed by atoms with E-state index in [1.807, 2.05) is 0 Å². The molecule has 0 amide bonds. The molecule has 1 aromatic carbocycles. The fourth-order valence-electron chi connectivity index (χ4n) is 1.79. The van der Waals surface area contributed by atoms with Crippen LogP contribution in [0.25, 0.3) is 0 Å². The third-order valence-corrected chi connectivity index (χ3v) is 3.77. The summed E-state index contributed by atoms with van der Waals surface area (Å²) in [5, 5.41) is 0. The average molecular weight is 285 g/mol. The minimum atomic E-state index is 0.570. The van der Waals surface area contributed by atoms with Crippen molar-refractivity contribution in [3.63, 3.8) is 0 Å². The molecule has 0 spiro atoms. The Kier molecular flexibility index (Phi) is 5.29. The Labute approximate surface area is 107 Å². The zero-order chi connectivity index (χ0) is 12.1. The molecule has 0 aliphatic carbocycles. The molecule has 2 N–H and O–H groups in total. The van der Waals surface area contributed by atoms with E-state index >= 15 is 0 Å². The molecule has 16 heavy (non-hydrogen) atoms. The number of halogens is 1. The van der Waals surface area contributed by atoms with Crippen LogP contribution in [0.4, 0.5) is 5.69 Å². The highest BCUT2D eigenvalue weighted by Crippen LogP contribution is 2.25. The Hall–Kier alpha value is -0.540. The largest absolute Gasteiger partial charge is 0.372 e. The van der Waals surface area contributed by atoms with E-state index in [2.05, 4.69) is 59.9 Å².